The van der Waals surface area contributed by atoms with E-state index in [1.807, 2.05) is 25.1 Å². The van der Waals surface area contributed by atoms with Gasteiger partial charge < -0.3 is 4.57 Å². The molecule has 3 nitrogen and oxygen atoms in total. The van der Waals surface area contributed by atoms with E-state index in [4.69, 9.17) is 11.6 Å². The van der Waals surface area contributed by atoms with Gasteiger partial charge in [-0.25, -0.2) is 0 Å². The Morgan fingerprint density at radius 3 is 2.65 bits per heavy atom. The van der Waals surface area contributed by atoms with E-state index >= 15 is 0 Å². The molecule has 106 valence electrons. The van der Waals surface area contributed by atoms with Crippen molar-refractivity contribution in [3.8, 4) is 0 Å². The highest BCUT2D eigenvalue weighted by atomic mass is 35.5. The number of benzene rings is 1. The smallest absolute Gasteiger partial charge is 0.192 e. The summed E-state index contributed by atoms with van der Waals surface area (Å²) in [4.78, 5) is 0. The van der Waals surface area contributed by atoms with Crippen LogP contribution >= 0.6 is 23.4 Å². The Labute approximate surface area is 129 Å². The summed E-state index contributed by atoms with van der Waals surface area (Å²) in [5, 5.41) is 10.5. The van der Waals surface area contributed by atoms with Crippen LogP contribution in [0.25, 0.3) is 0 Å². The van der Waals surface area contributed by atoms with Gasteiger partial charge in [0.2, 0.25) is 0 Å². The molecule has 0 unspecified atom stereocenters. The van der Waals surface area contributed by atoms with Crippen molar-refractivity contribution in [2.45, 2.75) is 37.2 Å². The van der Waals surface area contributed by atoms with Gasteiger partial charge in [0.25, 0.3) is 0 Å². The molecule has 0 spiro atoms. The van der Waals surface area contributed by atoms with Crippen molar-refractivity contribution in [2.75, 3.05) is 0 Å². The zero-order valence-electron chi connectivity index (χ0n) is 11.7. The molecule has 2 rings (SSSR count). The van der Waals surface area contributed by atoms with Crippen LogP contribution in [0.1, 0.15) is 30.0 Å². The number of rotatable bonds is 6. The van der Waals surface area contributed by atoms with Crippen LogP contribution in [0.3, 0.4) is 0 Å². The van der Waals surface area contributed by atoms with Gasteiger partial charge in [-0.3, -0.25) is 0 Å². The van der Waals surface area contributed by atoms with Gasteiger partial charge in [-0.05, 0) is 31.0 Å². The summed E-state index contributed by atoms with van der Waals surface area (Å²) in [5.74, 6) is 0.915. The molecule has 1 atom stereocenters. The maximum Gasteiger partial charge on any atom is 0.192 e. The minimum atomic E-state index is 0.347. The molecule has 0 saturated heterocycles. The van der Waals surface area contributed by atoms with Crippen LogP contribution in [0.15, 0.2) is 42.1 Å². The van der Waals surface area contributed by atoms with Crippen molar-refractivity contribution in [3.63, 3.8) is 0 Å². The van der Waals surface area contributed by atoms with Gasteiger partial charge in [-0.1, -0.05) is 48.5 Å². The number of aromatic nitrogens is 3. The van der Waals surface area contributed by atoms with E-state index in [-0.39, 0.29) is 0 Å². The lowest BCUT2D eigenvalue weighted by Gasteiger charge is -2.15. The number of thioether (sulfide) groups is 1. The molecule has 0 aliphatic rings. The fourth-order valence-electron chi connectivity index (χ4n) is 1.98. The lowest BCUT2D eigenvalue weighted by atomic mass is 10.1. The standard InChI is InChI=1S/C15H18ClN3S/c1-4-10-19-11(3)17-18-15(19)20-14(5-2)12-6-8-13(16)9-7-12/h4,6-9,14H,1,5,10H2,2-3H3/t14-/m0/s1. The largest absolute Gasteiger partial charge is 0.302 e. The molecule has 1 aromatic carbocycles. The molecule has 0 aliphatic carbocycles. The van der Waals surface area contributed by atoms with Crippen molar-refractivity contribution in [1.82, 2.24) is 14.8 Å². The maximum atomic E-state index is 5.95. The fourth-order valence-corrected chi connectivity index (χ4v) is 3.24. The first kappa shape index (κ1) is 15.1. The first-order valence-corrected chi connectivity index (χ1v) is 7.84. The van der Waals surface area contributed by atoms with Gasteiger partial charge in [-0.2, -0.15) is 0 Å². The summed E-state index contributed by atoms with van der Waals surface area (Å²) in [7, 11) is 0. The van der Waals surface area contributed by atoms with Gasteiger partial charge in [0, 0.05) is 16.8 Å². The van der Waals surface area contributed by atoms with Crippen LogP contribution in [-0.2, 0) is 6.54 Å². The second kappa shape index (κ2) is 6.95. The van der Waals surface area contributed by atoms with Gasteiger partial charge in [0.15, 0.2) is 5.16 Å². The minimum Gasteiger partial charge on any atom is -0.302 e. The Morgan fingerprint density at radius 1 is 1.35 bits per heavy atom. The number of aryl methyl sites for hydroxylation is 1. The Bertz CT molecular complexity index is 577. The first-order valence-electron chi connectivity index (χ1n) is 6.58. The molecule has 20 heavy (non-hydrogen) atoms. The number of hydrogen-bond donors (Lipinski definition) is 0. The molecule has 0 aliphatic heterocycles. The second-order valence-corrected chi connectivity index (χ2v) is 6.10. The number of nitrogens with zero attached hydrogens (tertiary/aromatic N) is 3. The molecule has 0 bridgehead atoms. The molecule has 5 heteroatoms. The summed E-state index contributed by atoms with van der Waals surface area (Å²) >= 11 is 7.68. The summed E-state index contributed by atoms with van der Waals surface area (Å²) in [6.45, 7) is 8.66. The molecule has 0 fully saturated rings. The normalized spacial score (nSPS) is 12.3. The minimum absolute atomic E-state index is 0.347. The van der Waals surface area contributed by atoms with E-state index in [0.717, 1.165) is 29.0 Å². The van der Waals surface area contributed by atoms with Crippen molar-refractivity contribution in [3.05, 3.63) is 53.3 Å². The Kier molecular flexibility index (Phi) is 5.26. The van der Waals surface area contributed by atoms with E-state index < -0.39 is 0 Å². The van der Waals surface area contributed by atoms with Crippen molar-refractivity contribution < 1.29 is 0 Å². The Hall–Kier alpha value is -1.26. The number of allylic oxidation sites excluding steroid dienone is 1. The highest BCUT2D eigenvalue weighted by Crippen LogP contribution is 2.37. The van der Waals surface area contributed by atoms with Crippen molar-refractivity contribution in [2.24, 2.45) is 0 Å². The average Bonchev–Trinajstić information content (AvgIpc) is 2.79. The third-order valence-electron chi connectivity index (χ3n) is 3.07. The van der Waals surface area contributed by atoms with Crippen molar-refractivity contribution >= 4 is 23.4 Å². The predicted octanol–water partition coefficient (Wildman–Crippen LogP) is 4.67. The van der Waals surface area contributed by atoms with E-state index in [1.165, 1.54) is 5.56 Å². The molecule has 0 radical (unpaired) electrons. The van der Waals surface area contributed by atoms with E-state index in [2.05, 4.69) is 40.4 Å². The van der Waals surface area contributed by atoms with E-state index in [9.17, 15) is 0 Å². The second-order valence-electron chi connectivity index (χ2n) is 4.50. The summed E-state index contributed by atoms with van der Waals surface area (Å²) in [6, 6.07) is 8.01. The quantitative estimate of drug-likeness (QED) is 0.574. The molecule has 0 N–H and O–H groups in total. The van der Waals surface area contributed by atoms with Crippen LogP contribution in [0.4, 0.5) is 0 Å². The zero-order valence-corrected chi connectivity index (χ0v) is 13.3. The maximum absolute atomic E-state index is 5.95. The fraction of sp³-hybridized carbons (Fsp3) is 0.333. The highest BCUT2D eigenvalue weighted by molar-refractivity contribution is 7.99. The SMILES string of the molecule is C=CCn1c(C)nnc1S[C@@H](CC)c1ccc(Cl)cc1. The lowest BCUT2D eigenvalue weighted by Crippen LogP contribution is -2.02. The lowest BCUT2D eigenvalue weighted by molar-refractivity contribution is 0.699. The predicted molar refractivity (Wildman–Crippen MR) is 85.3 cm³/mol. The number of halogens is 1. The third kappa shape index (κ3) is 3.44. The topological polar surface area (TPSA) is 30.7 Å². The molecule has 2 aromatic rings. The Balaban J connectivity index is 2.22. The summed E-state index contributed by atoms with van der Waals surface area (Å²) < 4.78 is 2.08. The molecule has 0 amide bonds. The Morgan fingerprint density at radius 2 is 2.05 bits per heavy atom. The molecule has 1 aromatic heterocycles. The van der Waals surface area contributed by atoms with Gasteiger partial charge in [0.05, 0.1) is 0 Å². The van der Waals surface area contributed by atoms with Crippen LogP contribution < -0.4 is 0 Å². The van der Waals surface area contributed by atoms with Crippen LogP contribution in [0, 0.1) is 6.92 Å². The van der Waals surface area contributed by atoms with Gasteiger partial charge in [0.1, 0.15) is 5.82 Å². The third-order valence-corrected chi connectivity index (χ3v) is 4.73. The van der Waals surface area contributed by atoms with Gasteiger partial charge in [-0.15, -0.1) is 16.8 Å². The van der Waals surface area contributed by atoms with Crippen LogP contribution in [0.2, 0.25) is 5.02 Å². The van der Waals surface area contributed by atoms with Crippen LogP contribution in [-0.4, -0.2) is 14.8 Å². The van der Waals surface area contributed by atoms with E-state index in [0.29, 0.717) is 5.25 Å². The van der Waals surface area contributed by atoms with Crippen molar-refractivity contribution in [1.29, 1.82) is 0 Å². The summed E-state index contributed by atoms with van der Waals surface area (Å²) in [5.41, 5.74) is 1.26. The zero-order chi connectivity index (χ0) is 14.5. The molecular formula is C15H18ClN3S. The van der Waals surface area contributed by atoms with E-state index in [1.54, 1.807) is 11.8 Å². The molecule has 0 saturated carbocycles. The van der Waals surface area contributed by atoms with Gasteiger partial charge >= 0.3 is 0 Å². The first-order chi connectivity index (χ1) is 9.65. The number of hydrogen-bond acceptors (Lipinski definition) is 3. The molecule has 1 heterocycles. The average molecular weight is 308 g/mol. The highest BCUT2D eigenvalue weighted by Gasteiger charge is 2.16. The summed E-state index contributed by atoms with van der Waals surface area (Å²) in [6.07, 6.45) is 2.88. The van der Waals surface area contributed by atoms with Crippen LogP contribution in [0.5, 0.6) is 0 Å². The monoisotopic (exact) mass is 307 g/mol. The molecular weight excluding hydrogens is 290 g/mol.